The molecule has 0 aliphatic heterocycles. The first-order valence-electron chi connectivity index (χ1n) is 5.71. The topological polar surface area (TPSA) is 37.3 Å². The minimum Gasteiger partial charge on any atom is -0.481 e. The Bertz CT molecular complexity index is 379. The Labute approximate surface area is 97.3 Å². The Morgan fingerprint density at radius 1 is 1.12 bits per heavy atom. The van der Waals surface area contributed by atoms with Crippen LogP contribution in [-0.4, -0.2) is 11.1 Å². The van der Waals surface area contributed by atoms with Gasteiger partial charge in [-0.05, 0) is 68.4 Å². The van der Waals surface area contributed by atoms with Crippen molar-refractivity contribution in [2.24, 2.45) is 0 Å². The van der Waals surface area contributed by atoms with Gasteiger partial charge in [-0.3, -0.25) is 4.79 Å². The van der Waals surface area contributed by atoms with Gasteiger partial charge in [0.2, 0.25) is 0 Å². The zero-order valence-corrected chi connectivity index (χ0v) is 10.6. The first kappa shape index (κ1) is 12.8. The van der Waals surface area contributed by atoms with E-state index in [0.717, 1.165) is 12.8 Å². The van der Waals surface area contributed by atoms with Crippen molar-refractivity contribution in [1.29, 1.82) is 0 Å². The van der Waals surface area contributed by atoms with E-state index in [1.165, 1.54) is 27.8 Å². The molecule has 0 radical (unpaired) electrons. The average Bonchev–Trinajstić information content (AvgIpc) is 2.20. The number of hydrogen-bond acceptors (Lipinski definition) is 1. The molecule has 0 spiro atoms. The molecule has 88 valence electrons. The van der Waals surface area contributed by atoms with Gasteiger partial charge in [-0.25, -0.2) is 0 Å². The van der Waals surface area contributed by atoms with Gasteiger partial charge < -0.3 is 5.11 Å². The van der Waals surface area contributed by atoms with Gasteiger partial charge in [0, 0.05) is 6.42 Å². The Kier molecular flexibility index (Phi) is 4.11. The van der Waals surface area contributed by atoms with E-state index in [2.05, 4.69) is 33.8 Å². The maximum atomic E-state index is 10.5. The highest BCUT2D eigenvalue weighted by Gasteiger charge is 2.08. The van der Waals surface area contributed by atoms with E-state index in [4.69, 9.17) is 5.11 Å². The largest absolute Gasteiger partial charge is 0.481 e. The maximum absolute atomic E-state index is 10.5. The van der Waals surface area contributed by atoms with Gasteiger partial charge >= 0.3 is 5.97 Å². The van der Waals surface area contributed by atoms with Crippen LogP contribution in [0.15, 0.2) is 6.07 Å². The van der Waals surface area contributed by atoms with Crippen molar-refractivity contribution >= 4 is 5.97 Å². The predicted molar refractivity (Wildman–Crippen MR) is 66.0 cm³/mol. The fourth-order valence-electron chi connectivity index (χ4n) is 2.09. The van der Waals surface area contributed by atoms with Crippen LogP contribution >= 0.6 is 0 Å². The third-order valence-corrected chi connectivity index (χ3v) is 3.34. The van der Waals surface area contributed by atoms with Crippen LogP contribution in [-0.2, 0) is 11.2 Å². The molecule has 0 saturated heterocycles. The highest BCUT2D eigenvalue weighted by atomic mass is 16.4. The summed E-state index contributed by atoms with van der Waals surface area (Å²) >= 11 is 0. The molecule has 1 aromatic rings. The number of rotatable bonds is 4. The number of benzene rings is 1. The highest BCUT2D eigenvalue weighted by molar-refractivity contribution is 5.66. The molecule has 0 aliphatic carbocycles. The van der Waals surface area contributed by atoms with E-state index < -0.39 is 5.97 Å². The summed E-state index contributed by atoms with van der Waals surface area (Å²) < 4.78 is 0. The van der Waals surface area contributed by atoms with Crippen molar-refractivity contribution in [3.8, 4) is 0 Å². The van der Waals surface area contributed by atoms with E-state index in [1.54, 1.807) is 0 Å². The van der Waals surface area contributed by atoms with Crippen LogP contribution in [0.4, 0.5) is 0 Å². The lowest BCUT2D eigenvalue weighted by Gasteiger charge is -2.14. The SMILES string of the molecule is Cc1cc(C)c(C)c(CCCC(=O)O)c1C. The summed E-state index contributed by atoms with van der Waals surface area (Å²) in [6.07, 6.45) is 1.85. The van der Waals surface area contributed by atoms with Gasteiger partial charge in [0.15, 0.2) is 0 Å². The summed E-state index contributed by atoms with van der Waals surface area (Å²) in [7, 11) is 0. The minimum absolute atomic E-state index is 0.256. The van der Waals surface area contributed by atoms with Gasteiger partial charge in [0.1, 0.15) is 0 Å². The fourth-order valence-corrected chi connectivity index (χ4v) is 2.09. The molecule has 0 amide bonds. The normalized spacial score (nSPS) is 10.5. The highest BCUT2D eigenvalue weighted by Crippen LogP contribution is 2.23. The lowest BCUT2D eigenvalue weighted by Crippen LogP contribution is -2.02. The lowest BCUT2D eigenvalue weighted by atomic mass is 9.91. The second-order valence-electron chi connectivity index (χ2n) is 4.49. The van der Waals surface area contributed by atoms with Gasteiger partial charge in [-0.15, -0.1) is 0 Å². The van der Waals surface area contributed by atoms with Gasteiger partial charge in [-0.1, -0.05) is 6.07 Å². The van der Waals surface area contributed by atoms with Crippen molar-refractivity contribution in [2.75, 3.05) is 0 Å². The van der Waals surface area contributed by atoms with Crippen LogP contribution in [0.3, 0.4) is 0 Å². The number of carbonyl (C=O) groups is 1. The molecule has 0 bridgehead atoms. The zero-order chi connectivity index (χ0) is 12.3. The maximum Gasteiger partial charge on any atom is 0.303 e. The summed E-state index contributed by atoms with van der Waals surface area (Å²) in [5.41, 5.74) is 6.56. The Morgan fingerprint density at radius 3 is 2.06 bits per heavy atom. The van der Waals surface area contributed by atoms with Crippen molar-refractivity contribution in [3.05, 3.63) is 33.9 Å². The minimum atomic E-state index is -0.709. The molecule has 0 saturated carbocycles. The number of hydrogen-bond donors (Lipinski definition) is 1. The van der Waals surface area contributed by atoms with Crippen LogP contribution in [0, 0.1) is 27.7 Å². The number of aliphatic carboxylic acids is 1. The Hall–Kier alpha value is -1.31. The second kappa shape index (κ2) is 5.15. The molecule has 1 aromatic carbocycles. The predicted octanol–water partition coefficient (Wildman–Crippen LogP) is 3.33. The molecule has 0 heterocycles. The molecule has 0 aliphatic rings. The number of carboxylic acid groups (broad SMARTS) is 1. The quantitative estimate of drug-likeness (QED) is 0.845. The molecular formula is C14H20O2. The van der Waals surface area contributed by atoms with Crippen molar-refractivity contribution in [1.82, 2.24) is 0 Å². The third-order valence-electron chi connectivity index (χ3n) is 3.34. The number of aryl methyl sites for hydroxylation is 2. The lowest BCUT2D eigenvalue weighted by molar-refractivity contribution is -0.137. The van der Waals surface area contributed by atoms with Crippen molar-refractivity contribution in [2.45, 2.75) is 47.0 Å². The number of carboxylic acids is 1. The van der Waals surface area contributed by atoms with E-state index >= 15 is 0 Å². The van der Waals surface area contributed by atoms with Gasteiger partial charge in [0.05, 0.1) is 0 Å². The van der Waals surface area contributed by atoms with Crippen LogP contribution in [0.2, 0.25) is 0 Å². The summed E-state index contributed by atoms with van der Waals surface area (Å²) in [6.45, 7) is 8.47. The van der Waals surface area contributed by atoms with E-state index in [1.807, 2.05) is 0 Å². The van der Waals surface area contributed by atoms with Gasteiger partial charge in [-0.2, -0.15) is 0 Å². The van der Waals surface area contributed by atoms with E-state index in [9.17, 15) is 4.79 Å². The molecule has 1 N–H and O–H groups in total. The first-order chi connectivity index (χ1) is 7.43. The van der Waals surface area contributed by atoms with Crippen LogP contribution in [0.5, 0.6) is 0 Å². The summed E-state index contributed by atoms with van der Waals surface area (Å²) in [5.74, 6) is -0.709. The van der Waals surface area contributed by atoms with Crippen LogP contribution in [0.1, 0.15) is 40.7 Å². The van der Waals surface area contributed by atoms with Crippen molar-refractivity contribution < 1.29 is 9.90 Å². The molecule has 1 rings (SSSR count). The fraction of sp³-hybridized carbons (Fsp3) is 0.500. The molecule has 0 atom stereocenters. The standard InChI is InChI=1S/C14H20O2/c1-9-8-10(2)12(4)13(11(9)3)6-5-7-14(15)16/h8H,5-7H2,1-4H3,(H,15,16). The monoisotopic (exact) mass is 220 g/mol. The first-order valence-corrected chi connectivity index (χ1v) is 5.71. The van der Waals surface area contributed by atoms with Gasteiger partial charge in [0.25, 0.3) is 0 Å². The smallest absolute Gasteiger partial charge is 0.303 e. The summed E-state index contributed by atoms with van der Waals surface area (Å²) in [5, 5.41) is 8.64. The molecule has 0 fully saturated rings. The molecular weight excluding hydrogens is 200 g/mol. The van der Waals surface area contributed by atoms with Crippen LogP contribution in [0.25, 0.3) is 0 Å². The molecule has 16 heavy (non-hydrogen) atoms. The van der Waals surface area contributed by atoms with E-state index in [0.29, 0.717) is 0 Å². The molecule has 0 unspecified atom stereocenters. The summed E-state index contributed by atoms with van der Waals surface area (Å²) in [4.78, 5) is 10.5. The zero-order valence-electron chi connectivity index (χ0n) is 10.6. The molecule has 0 aromatic heterocycles. The second-order valence-corrected chi connectivity index (χ2v) is 4.49. The van der Waals surface area contributed by atoms with E-state index in [-0.39, 0.29) is 6.42 Å². The third kappa shape index (κ3) is 2.84. The molecule has 2 nitrogen and oxygen atoms in total. The average molecular weight is 220 g/mol. The Morgan fingerprint density at radius 2 is 1.62 bits per heavy atom. The van der Waals surface area contributed by atoms with Crippen molar-refractivity contribution in [3.63, 3.8) is 0 Å². The van der Waals surface area contributed by atoms with Crippen LogP contribution < -0.4 is 0 Å². The molecule has 2 heteroatoms. The summed E-state index contributed by atoms with van der Waals surface area (Å²) in [6, 6.07) is 2.20. The Balaban J connectivity index is 2.90.